The average Bonchev–Trinajstić information content (AvgIpc) is 2.84. The lowest BCUT2D eigenvalue weighted by Crippen LogP contribution is -2.49. The second-order valence-corrected chi connectivity index (χ2v) is 13.6. The molecule has 0 spiro atoms. The highest BCUT2D eigenvalue weighted by atomic mass is 31.2. The van der Waals surface area contributed by atoms with E-state index in [9.17, 15) is 14.5 Å². The molecular formula is C27H56N2O5P+. The molecule has 1 aliphatic heterocycles. The van der Waals surface area contributed by atoms with E-state index in [1.165, 1.54) is 77.7 Å². The highest BCUT2D eigenvalue weighted by Gasteiger charge is 2.43. The minimum atomic E-state index is -3.45. The van der Waals surface area contributed by atoms with E-state index in [2.05, 4.69) is 6.92 Å². The Balaban J connectivity index is 2.27. The predicted molar refractivity (Wildman–Crippen MR) is 145 cm³/mol. The van der Waals surface area contributed by atoms with E-state index in [4.69, 9.17) is 9.05 Å². The Bertz CT molecular complexity index is 611. The number of amides is 1. The predicted octanol–water partition coefficient (Wildman–Crippen LogP) is 6.34. The van der Waals surface area contributed by atoms with Gasteiger partial charge in [0, 0.05) is 26.6 Å². The van der Waals surface area contributed by atoms with E-state index in [0.717, 1.165) is 19.3 Å². The number of hydrogen-bond acceptors (Lipinski definition) is 5. The van der Waals surface area contributed by atoms with Gasteiger partial charge in [-0.3, -0.25) is 13.9 Å². The van der Waals surface area contributed by atoms with Crippen molar-refractivity contribution in [2.75, 3.05) is 47.9 Å². The molecule has 208 valence electrons. The molecule has 7 nitrogen and oxygen atoms in total. The minimum Gasteiger partial charge on any atom is -0.387 e. The first-order valence-electron chi connectivity index (χ1n) is 14.2. The molecule has 0 aromatic rings. The van der Waals surface area contributed by atoms with Gasteiger partial charge in [0.05, 0.1) is 26.8 Å². The SMILES string of the molecule is CCCCCCCCCCCCCCCC(=O)N1CCCC(P(=O)(OC)OC(CO)[N+](C)(C)C)C1. The molecule has 0 aromatic carbocycles. The largest absolute Gasteiger partial charge is 0.387 e. The Hall–Kier alpha value is -0.460. The molecule has 1 saturated heterocycles. The summed E-state index contributed by atoms with van der Waals surface area (Å²) >= 11 is 0. The number of quaternary nitrogens is 1. The van der Waals surface area contributed by atoms with Gasteiger partial charge in [-0.25, -0.2) is 0 Å². The van der Waals surface area contributed by atoms with Crippen LogP contribution < -0.4 is 0 Å². The lowest BCUT2D eigenvalue weighted by molar-refractivity contribution is -0.916. The van der Waals surface area contributed by atoms with Gasteiger partial charge in [0.1, 0.15) is 6.61 Å². The fourth-order valence-electron chi connectivity index (χ4n) is 4.76. The third-order valence-electron chi connectivity index (χ3n) is 7.23. The van der Waals surface area contributed by atoms with Gasteiger partial charge in [0.2, 0.25) is 12.1 Å². The van der Waals surface area contributed by atoms with Crippen molar-refractivity contribution in [1.29, 1.82) is 0 Å². The first kappa shape index (κ1) is 32.6. The first-order chi connectivity index (χ1) is 16.7. The summed E-state index contributed by atoms with van der Waals surface area (Å²) < 4.78 is 25.1. The quantitative estimate of drug-likeness (QED) is 0.0879. The maximum atomic E-state index is 13.5. The molecule has 1 fully saturated rings. The van der Waals surface area contributed by atoms with Crippen LogP contribution in [0.4, 0.5) is 0 Å². The van der Waals surface area contributed by atoms with Gasteiger partial charge < -0.3 is 19.0 Å². The summed E-state index contributed by atoms with van der Waals surface area (Å²) in [6.45, 7) is 3.12. The molecule has 0 radical (unpaired) electrons. The van der Waals surface area contributed by atoms with Crippen LogP contribution in [0.2, 0.25) is 0 Å². The maximum Gasteiger partial charge on any atom is 0.339 e. The Morgan fingerprint density at radius 1 is 0.971 bits per heavy atom. The molecule has 0 aliphatic carbocycles. The lowest BCUT2D eigenvalue weighted by Gasteiger charge is -2.39. The molecule has 1 N–H and O–H groups in total. The monoisotopic (exact) mass is 519 g/mol. The molecule has 1 heterocycles. The first-order valence-corrected chi connectivity index (χ1v) is 15.8. The van der Waals surface area contributed by atoms with Crippen LogP contribution in [-0.2, 0) is 18.4 Å². The van der Waals surface area contributed by atoms with Crippen molar-refractivity contribution in [1.82, 2.24) is 4.90 Å². The van der Waals surface area contributed by atoms with Crippen molar-refractivity contribution in [3.8, 4) is 0 Å². The van der Waals surface area contributed by atoms with Crippen LogP contribution in [0.15, 0.2) is 0 Å². The molecule has 0 aromatic heterocycles. The standard InChI is InChI=1S/C27H56N2O5P/c1-6-7-8-9-10-11-12-13-14-15-16-17-18-21-26(31)28-22-19-20-25(23-28)35(32,33-5)34-27(24-30)29(2,3)4/h25,27,30H,6-24H2,1-5H3/q+1. The van der Waals surface area contributed by atoms with E-state index in [1.807, 2.05) is 26.0 Å². The molecule has 3 unspecified atom stereocenters. The van der Waals surface area contributed by atoms with Crippen LogP contribution >= 0.6 is 7.60 Å². The zero-order valence-corrected chi connectivity index (χ0v) is 24.4. The van der Waals surface area contributed by atoms with Gasteiger partial charge in [-0.1, -0.05) is 84.0 Å². The van der Waals surface area contributed by atoms with E-state index in [1.54, 1.807) is 0 Å². The smallest absolute Gasteiger partial charge is 0.339 e. The summed E-state index contributed by atoms with van der Waals surface area (Å²) in [7, 11) is 3.60. The fraction of sp³-hybridized carbons (Fsp3) is 0.963. The molecule has 1 aliphatic rings. The zero-order valence-electron chi connectivity index (χ0n) is 23.5. The topological polar surface area (TPSA) is 76.1 Å². The van der Waals surface area contributed by atoms with Crippen molar-refractivity contribution >= 4 is 13.5 Å². The number of carbonyl (C=O) groups is 1. The van der Waals surface area contributed by atoms with Crippen LogP contribution in [-0.4, -0.2) is 80.2 Å². The Morgan fingerprint density at radius 2 is 1.49 bits per heavy atom. The summed E-state index contributed by atoms with van der Waals surface area (Å²) in [5, 5.41) is 9.73. The molecule has 0 bridgehead atoms. The van der Waals surface area contributed by atoms with Gasteiger partial charge in [0.25, 0.3) is 0 Å². The van der Waals surface area contributed by atoms with E-state index in [-0.39, 0.29) is 18.2 Å². The van der Waals surface area contributed by atoms with Gasteiger partial charge in [-0.15, -0.1) is 0 Å². The number of likely N-dealkylation sites (N-methyl/N-ethyl adjacent to an activating group) is 1. The number of unbranched alkanes of at least 4 members (excludes halogenated alkanes) is 12. The number of hydrogen-bond donors (Lipinski definition) is 1. The average molecular weight is 520 g/mol. The van der Waals surface area contributed by atoms with Crippen molar-refractivity contribution in [2.45, 2.75) is 122 Å². The van der Waals surface area contributed by atoms with Crippen LogP contribution in [0, 0.1) is 0 Å². The summed E-state index contributed by atoms with van der Waals surface area (Å²) in [5.41, 5.74) is -0.350. The van der Waals surface area contributed by atoms with E-state index < -0.39 is 13.8 Å². The van der Waals surface area contributed by atoms with Gasteiger partial charge in [0.15, 0.2) is 0 Å². The van der Waals surface area contributed by atoms with Crippen molar-refractivity contribution in [2.24, 2.45) is 0 Å². The number of carbonyl (C=O) groups excluding carboxylic acids is 1. The van der Waals surface area contributed by atoms with Crippen molar-refractivity contribution < 1.29 is 28.0 Å². The number of rotatable bonds is 20. The van der Waals surface area contributed by atoms with Gasteiger partial charge >= 0.3 is 7.60 Å². The van der Waals surface area contributed by atoms with Crippen LogP contribution in [0.5, 0.6) is 0 Å². The van der Waals surface area contributed by atoms with Crippen LogP contribution in [0.3, 0.4) is 0 Å². The van der Waals surface area contributed by atoms with Crippen molar-refractivity contribution in [3.05, 3.63) is 0 Å². The van der Waals surface area contributed by atoms with Crippen molar-refractivity contribution in [3.63, 3.8) is 0 Å². The second-order valence-electron chi connectivity index (χ2n) is 11.2. The Morgan fingerprint density at radius 3 is 1.94 bits per heavy atom. The van der Waals surface area contributed by atoms with E-state index >= 15 is 0 Å². The maximum absolute atomic E-state index is 13.5. The Kier molecular flexibility index (Phi) is 16.7. The number of aliphatic hydroxyl groups is 1. The van der Waals surface area contributed by atoms with Gasteiger partial charge in [-0.2, -0.15) is 0 Å². The molecule has 1 rings (SSSR count). The normalized spacial score (nSPS) is 19.5. The van der Waals surface area contributed by atoms with Crippen LogP contribution in [0.25, 0.3) is 0 Å². The minimum absolute atomic E-state index is 0.144. The highest BCUT2D eigenvalue weighted by molar-refractivity contribution is 7.54. The number of aliphatic hydroxyl groups excluding tert-OH is 1. The van der Waals surface area contributed by atoms with E-state index in [0.29, 0.717) is 30.4 Å². The summed E-state index contributed by atoms with van der Waals surface area (Å²) in [4.78, 5) is 14.6. The number of nitrogens with zero attached hydrogens (tertiary/aromatic N) is 2. The number of likely N-dealkylation sites (tertiary alicyclic amines) is 1. The lowest BCUT2D eigenvalue weighted by atomic mass is 10.0. The van der Waals surface area contributed by atoms with Crippen LogP contribution in [0.1, 0.15) is 110 Å². The molecule has 3 atom stereocenters. The summed E-state index contributed by atoms with van der Waals surface area (Å²) in [5.74, 6) is 0.144. The Labute approximate surface area is 216 Å². The molecule has 8 heteroatoms. The summed E-state index contributed by atoms with van der Waals surface area (Å²) in [6, 6.07) is 0. The number of piperidine rings is 1. The fourth-order valence-corrected chi connectivity index (χ4v) is 6.90. The molecule has 35 heavy (non-hydrogen) atoms. The third-order valence-corrected chi connectivity index (χ3v) is 9.60. The third kappa shape index (κ3) is 13.1. The summed E-state index contributed by atoms with van der Waals surface area (Å²) in [6.07, 6.45) is 18.2. The van der Waals surface area contributed by atoms with Gasteiger partial charge in [-0.05, 0) is 19.3 Å². The highest BCUT2D eigenvalue weighted by Crippen LogP contribution is 2.56. The molecule has 0 saturated carbocycles. The second kappa shape index (κ2) is 17.9. The molecule has 1 amide bonds. The molecular weight excluding hydrogens is 463 g/mol. The zero-order chi connectivity index (χ0) is 26.2.